The van der Waals surface area contributed by atoms with Crippen LogP contribution in [0.5, 0.6) is 0 Å². The van der Waals surface area contributed by atoms with Gasteiger partial charge in [0.05, 0.1) is 16.7 Å². The van der Waals surface area contributed by atoms with Crippen LogP contribution < -0.4 is 0 Å². The third-order valence-electron chi connectivity index (χ3n) is 2.42. The Morgan fingerprint density at radius 1 is 1.53 bits per heavy atom. The van der Waals surface area contributed by atoms with Crippen LogP contribution in [0.15, 0.2) is 6.07 Å². The van der Waals surface area contributed by atoms with Gasteiger partial charge in [0.25, 0.3) is 0 Å². The minimum Gasteiger partial charge on any atom is -0.477 e. The van der Waals surface area contributed by atoms with Crippen molar-refractivity contribution in [2.75, 3.05) is 0 Å². The van der Waals surface area contributed by atoms with Crippen molar-refractivity contribution in [1.82, 2.24) is 9.78 Å². The Labute approximate surface area is 100 Å². The van der Waals surface area contributed by atoms with E-state index >= 15 is 0 Å². The van der Waals surface area contributed by atoms with E-state index in [1.807, 2.05) is 0 Å². The number of carboxylic acids is 1. The summed E-state index contributed by atoms with van der Waals surface area (Å²) in [5, 5.41) is 12.4. The number of hydrogen-bond acceptors (Lipinski definition) is 4. The molecule has 1 aromatic rings. The molecule has 0 aromatic carbocycles. The zero-order chi connectivity index (χ0) is 13.2. The highest BCUT2D eigenvalue weighted by atomic mass is 32.2. The van der Waals surface area contributed by atoms with Gasteiger partial charge in [-0.3, -0.25) is 4.68 Å². The van der Waals surface area contributed by atoms with Crippen LogP contribution in [-0.2, 0) is 22.1 Å². The number of aromatic carboxylic acids is 1. The van der Waals surface area contributed by atoms with Gasteiger partial charge in [-0.15, -0.1) is 0 Å². The van der Waals surface area contributed by atoms with Crippen molar-refractivity contribution >= 4 is 15.8 Å². The second-order valence-electron chi connectivity index (χ2n) is 4.00. The first kappa shape index (κ1) is 13.7. The van der Waals surface area contributed by atoms with E-state index in [4.69, 9.17) is 5.11 Å². The molecule has 1 heterocycles. The second kappa shape index (κ2) is 4.87. The van der Waals surface area contributed by atoms with E-state index in [-0.39, 0.29) is 17.1 Å². The zero-order valence-corrected chi connectivity index (χ0v) is 10.9. The second-order valence-corrected chi connectivity index (χ2v) is 6.55. The molecule has 0 unspecified atom stereocenters. The lowest BCUT2D eigenvalue weighted by Gasteiger charge is -2.04. The fraction of sp³-hybridized carbons (Fsp3) is 0.600. The van der Waals surface area contributed by atoms with Gasteiger partial charge >= 0.3 is 5.97 Å². The average Bonchev–Trinajstić information content (AvgIpc) is 2.60. The molecule has 7 heteroatoms. The SMILES string of the molecule is CCn1nc(CS(=O)(=O)C(C)C)cc1C(=O)O. The number of carbonyl (C=O) groups is 1. The monoisotopic (exact) mass is 260 g/mol. The van der Waals surface area contributed by atoms with Crippen molar-refractivity contribution in [3.8, 4) is 0 Å². The highest BCUT2D eigenvalue weighted by Crippen LogP contribution is 2.12. The third-order valence-corrected chi connectivity index (χ3v) is 4.55. The van der Waals surface area contributed by atoms with Gasteiger partial charge < -0.3 is 5.11 Å². The van der Waals surface area contributed by atoms with Crippen molar-refractivity contribution in [2.45, 2.75) is 38.3 Å². The first-order valence-corrected chi connectivity index (χ1v) is 7.01. The Hall–Kier alpha value is -1.37. The fourth-order valence-corrected chi connectivity index (χ4v) is 2.21. The van der Waals surface area contributed by atoms with Crippen LogP contribution in [0.3, 0.4) is 0 Å². The zero-order valence-electron chi connectivity index (χ0n) is 10.0. The van der Waals surface area contributed by atoms with Gasteiger partial charge in [0.1, 0.15) is 5.69 Å². The van der Waals surface area contributed by atoms with Crippen LogP contribution in [0.1, 0.15) is 37.0 Å². The number of aryl methyl sites for hydroxylation is 1. The summed E-state index contributed by atoms with van der Waals surface area (Å²) in [4.78, 5) is 10.9. The molecule has 1 rings (SSSR count). The number of rotatable bonds is 5. The molecular formula is C10H16N2O4S. The van der Waals surface area contributed by atoms with E-state index in [9.17, 15) is 13.2 Å². The lowest BCUT2D eigenvalue weighted by molar-refractivity contribution is 0.0683. The van der Waals surface area contributed by atoms with Crippen LogP contribution in [-0.4, -0.2) is 34.5 Å². The van der Waals surface area contributed by atoms with Gasteiger partial charge in [-0.25, -0.2) is 13.2 Å². The fourth-order valence-electron chi connectivity index (χ4n) is 1.33. The molecule has 6 nitrogen and oxygen atoms in total. The maximum Gasteiger partial charge on any atom is 0.354 e. The van der Waals surface area contributed by atoms with Crippen LogP contribution in [0.4, 0.5) is 0 Å². The Bertz CT molecular complexity index is 516. The molecule has 0 saturated carbocycles. The minimum atomic E-state index is -3.26. The summed E-state index contributed by atoms with van der Waals surface area (Å²) in [6.45, 7) is 5.32. The summed E-state index contributed by atoms with van der Waals surface area (Å²) >= 11 is 0. The molecular weight excluding hydrogens is 244 g/mol. The summed E-state index contributed by atoms with van der Waals surface area (Å²) in [5.74, 6) is -1.33. The van der Waals surface area contributed by atoms with E-state index < -0.39 is 21.1 Å². The first-order chi connectivity index (χ1) is 7.77. The molecule has 0 atom stereocenters. The molecule has 0 amide bonds. The summed E-state index contributed by atoms with van der Waals surface area (Å²) in [5.41, 5.74) is 0.291. The highest BCUT2D eigenvalue weighted by molar-refractivity contribution is 7.91. The van der Waals surface area contributed by atoms with E-state index in [1.165, 1.54) is 10.7 Å². The van der Waals surface area contributed by atoms with Gasteiger partial charge in [-0.2, -0.15) is 5.10 Å². The number of hydrogen-bond donors (Lipinski definition) is 1. The van der Waals surface area contributed by atoms with Gasteiger partial charge in [0.15, 0.2) is 9.84 Å². The standard InChI is InChI=1S/C10H16N2O4S/c1-4-12-9(10(13)14)5-8(11-12)6-17(15,16)7(2)3/h5,7H,4,6H2,1-3H3,(H,13,14). The smallest absolute Gasteiger partial charge is 0.354 e. The largest absolute Gasteiger partial charge is 0.477 e. The van der Waals surface area contributed by atoms with Crippen LogP contribution in [0.25, 0.3) is 0 Å². The topological polar surface area (TPSA) is 89.3 Å². The van der Waals surface area contributed by atoms with Gasteiger partial charge in [0.2, 0.25) is 0 Å². The Kier molecular flexibility index (Phi) is 3.92. The van der Waals surface area contributed by atoms with Crippen molar-refractivity contribution in [3.63, 3.8) is 0 Å². The van der Waals surface area contributed by atoms with Crippen molar-refractivity contribution in [3.05, 3.63) is 17.5 Å². The maximum atomic E-state index is 11.7. The van der Waals surface area contributed by atoms with Crippen molar-refractivity contribution in [1.29, 1.82) is 0 Å². The predicted molar refractivity (Wildman–Crippen MR) is 62.6 cm³/mol. The van der Waals surface area contributed by atoms with E-state index in [0.717, 1.165) is 0 Å². The molecule has 1 aromatic heterocycles. The molecule has 0 aliphatic heterocycles. The minimum absolute atomic E-state index is 0.0152. The van der Waals surface area contributed by atoms with Crippen molar-refractivity contribution in [2.24, 2.45) is 0 Å². The van der Waals surface area contributed by atoms with Crippen LogP contribution >= 0.6 is 0 Å². The maximum absolute atomic E-state index is 11.7. The molecule has 0 aliphatic carbocycles. The highest BCUT2D eigenvalue weighted by Gasteiger charge is 2.21. The van der Waals surface area contributed by atoms with E-state index in [2.05, 4.69) is 5.10 Å². The summed E-state index contributed by atoms with van der Waals surface area (Å²) in [6, 6.07) is 1.31. The average molecular weight is 260 g/mol. The third kappa shape index (κ3) is 3.06. The summed E-state index contributed by atoms with van der Waals surface area (Å²) in [7, 11) is -3.26. The van der Waals surface area contributed by atoms with E-state index in [0.29, 0.717) is 6.54 Å². The lowest BCUT2D eigenvalue weighted by atomic mass is 10.4. The predicted octanol–water partition coefficient (Wildman–Crippen LogP) is 0.924. The number of aromatic nitrogens is 2. The normalized spacial score (nSPS) is 12.0. The summed E-state index contributed by atoms with van der Waals surface area (Å²) < 4.78 is 24.6. The molecule has 0 radical (unpaired) electrons. The molecule has 0 bridgehead atoms. The lowest BCUT2D eigenvalue weighted by Crippen LogP contribution is -2.16. The van der Waals surface area contributed by atoms with Crippen LogP contribution in [0, 0.1) is 0 Å². The number of nitrogens with zero attached hydrogens (tertiary/aromatic N) is 2. The van der Waals surface area contributed by atoms with Gasteiger partial charge in [-0.05, 0) is 26.8 Å². The van der Waals surface area contributed by atoms with E-state index in [1.54, 1.807) is 20.8 Å². The van der Waals surface area contributed by atoms with Crippen LogP contribution in [0.2, 0.25) is 0 Å². The van der Waals surface area contributed by atoms with Gasteiger partial charge in [0, 0.05) is 6.54 Å². The molecule has 0 aliphatic rings. The Morgan fingerprint density at radius 2 is 2.12 bits per heavy atom. The van der Waals surface area contributed by atoms with Crippen molar-refractivity contribution < 1.29 is 18.3 Å². The molecule has 1 N–H and O–H groups in total. The van der Waals surface area contributed by atoms with Gasteiger partial charge in [-0.1, -0.05) is 0 Å². The molecule has 0 saturated heterocycles. The number of sulfone groups is 1. The Balaban J connectivity index is 3.06. The quantitative estimate of drug-likeness (QED) is 0.850. The molecule has 0 spiro atoms. The number of carboxylic acid groups (broad SMARTS) is 1. The molecule has 0 fully saturated rings. The first-order valence-electron chi connectivity index (χ1n) is 5.29. The Morgan fingerprint density at radius 3 is 2.47 bits per heavy atom. The molecule has 96 valence electrons. The summed E-state index contributed by atoms with van der Waals surface area (Å²) in [6.07, 6.45) is 0. The molecule has 17 heavy (non-hydrogen) atoms.